The lowest BCUT2D eigenvalue weighted by Crippen LogP contribution is -2.00. The monoisotopic (exact) mass is 293 g/mol. The van der Waals surface area contributed by atoms with Crippen molar-refractivity contribution in [3.63, 3.8) is 0 Å². The normalized spacial score (nSPS) is 10.3. The average Bonchev–Trinajstić information content (AvgIpc) is 2.35. The zero-order chi connectivity index (χ0) is 12.3. The van der Waals surface area contributed by atoms with Gasteiger partial charge in [-0.1, -0.05) is 22.0 Å². The van der Waals surface area contributed by atoms with Crippen LogP contribution in [0.2, 0.25) is 0 Å². The molecule has 88 valence electrons. The third-order valence-electron chi connectivity index (χ3n) is 2.26. The molecule has 0 aliphatic rings. The predicted octanol–water partition coefficient (Wildman–Crippen LogP) is 2.80. The summed E-state index contributed by atoms with van der Waals surface area (Å²) in [6, 6.07) is 5.83. The highest BCUT2D eigenvalue weighted by Crippen LogP contribution is 2.26. The maximum atomic E-state index is 5.65. The fourth-order valence-electron chi connectivity index (χ4n) is 1.30. The molecule has 0 fully saturated rings. The Hall–Kier alpha value is -1.46. The minimum Gasteiger partial charge on any atom is -0.437 e. The molecule has 5 heteroatoms. The summed E-state index contributed by atoms with van der Waals surface area (Å²) in [5.41, 5.74) is 7.23. The van der Waals surface area contributed by atoms with Gasteiger partial charge in [-0.05, 0) is 24.6 Å². The lowest BCUT2D eigenvalue weighted by atomic mass is 10.2. The number of aromatic nitrogens is 2. The number of nitrogens with two attached hydrogens (primary N) is 1. The van der Waals surface area contributed by atoms with Crippen molar-refractivity contribution >= 4 is 15.9 Å². The van der Waals surface area contributed by atoms with E-state index in [9.17, 15) is 0 Å². The highest BCUT2D eigenvalue weighted by Gasteiger charge is 2.03. The number of rotatable bonds is 3. The van der Waals surface area contributed by atoms with Crippen LogP contribution in [0.4, 0.5) is 0 Å². The molecule has 1 aromatic heterocycles. The van der Waals surface area contributed by atoms with E-state index < -0.39 is 0 Å². The van der Waals surface area contributed by atoms with Crippen molar-refractivity contribution in [1.82, 2.24) is 9.97 Å². The summed E-state index contributed by atoms with van der Waals surface area (Å²) in [5.74, 6) is 1.22. The van der Waals surface area contributed by atoms with Crippen molar-refractivity contribution in [2.75, 3.05) is 0 Å². The summed E-state index contributed by atoms with van der Waals surface area (Å²) < 4.78 is 6.61. The van der Waals surface area contributed by atoms with Gasteiger partial charge in [0.15, 0.2) is 0 Å². The molecule has 0 aliphatic carbocycles. The lowest BCUT2D eigenvalue weighted by Gasteiger charge is -2.08. The van der Waals surface area contributed by atoms with Crippen LogP contribution in [-0.4, -0.2) is 9.97 Å². The SMILES string of the molecule is Cc1ccc(Br)cc1Oc1cnc(CN)cn1. The first-order valence-corrected chi connectivity index (χ1v) is 5.93. The summed E-state index contributed by atoms with van der Waals surface area (Å²) in [6.07, 6.45) is 3.19. The molecular formula is C12H12BrN3O. The Morgan fingerprint density at radius 1 is 1.29 bits per heavy atom. The van der Waals surface area contributed by atoms with Crippen LogP contribution in [0.15, 0.2) is 35.1 Å². The van der Waals surface area contributed by atoms with Gasteiger partial charge in [0.25, 0.3) is 0 Å². The first kappa shape index (κ1) is 12.0. The molecule has 1 heterocycles. The van der Waals surface area contributed by atoms with Crippen molar-refractivity contribution in [3.8, 4) is 11.6 Å². The number of aryl methyl sites for hydroxylation is 1. The van der Waals surface area contributed by atoms with Gasteiger partial charge in [0.1, 0.15) is 5.75 Å². The van der Waals surface area contributed by atoms with Gasteiger partial charge in [-0.15, -0.1) is 0 Å². The molecule has 0 unspecified atom stereocenters. The third-order valence-corrected chi connectivity index (χ3v) is 2.75. The second-order valence-electron chi connectivity index (χ2n) is 3.56. The van der Waals surface area contributed by atoms with E-state index >= 15 is 0 Å². The Bertz CT molecular complexity index is 514. The van der Waals surface area contributed by atoms with Crippen molar-refractivity contribution in [1.29, 1.82) is 0 Å². The number of ether oxygens (including phenoxy) is 1. The molecule has 2 aromatic rings. The van der Waals surface area contributed by atoms with Gasteiger partial charge in [0.05, 0.1) is 18.1 Å². The first-order valence-electron chi connectivity index (χ1n) is 5.14. The van der Waals surface area contributed by atoms with Crippen LogP contribution >= 0.6 is 15.9 Å². The van der Waals surface area contributed by atoms with Crippen molar-refractivity contribution in [3.05, 3.63) is 46.3 Å². The molecule has 1 aromatic carbocycles. The van der Waals surface area contributed by atoms with E-state index in [-0.39, 0.29) is 0 Å². The molecule has 2 rings (SSSR count). The second kappa shape index (κ2) is 5.25. The number of benzene rings is 1. The molecule has 17 heavy (non-hydrogen) atoms. The van der Waals surface area contributed by atoms with Gasteiger partial charge in [0, 0.05) is 11.0 Å². The fraction of sp³-hybridized carbons (Fsp3) is 0.167. The molecule has 0 saturated carbocycles. The van der Waals surface area contributed by atoms with Crippen LogP contribution in [0, 0.1) is 6.92 Å². The van der Waals surface area contributed by atoms with Crippen LogP contribution < -0.4 is 10.5 Å². The standard InChI is InChI=1S/C12H12BrN3O/c1-8-2-3-9(13)4-11(8)17-12-7-15-10(5-14)6-16-12/h2-4,6-7H,5,14H2,1H3. The zero-order valence-corrected chi connectivity index (χ0v) is 10.9. The van der Waals surface area contributed by atoms with Gasteiger partial charge in [-0.2, -0.15) is 0 Å². The van der Waals surface area contributed by atoms with Crippen LogP contribution in [-0.2, 0) is 6.54 Å². The number of hydrogen-bond acceptors (Lipinski definition) is 4. The first-order chi connectivity index (χ1) is 8.19. The number of hydrogen-bond donors (Lipinski definition) is 1. The summed E-state index contributed by atoms with van der Waals surface area (Å²) in [5, 5.41) is 0. The maximum Gasteiger partial charge on any atom is 0.237 e. The highest BCUT2D eigenvalue weighted by atomic mass is 79.9. The molecule has 0 aliphatic heterocycles. The second-order valence-corrected chi connectivity index (χ2v) is 4.48. The van der Waals surface area contributed by atoms with Crippen LogP contribution in [0.5, 0.6) is 11.6 Å². The fourth-order valence-corrected chi connectivity index (χ4v) is 1.64. The molecule has 0 amide bonds. The van der Waals surface area contributed by atoms with Crippen LogP contribution in [0.1, 0.15) is 11.3 Å². The van der Waals surface area contributed by atoms with E-state index in [1.165, 1.54) is 0 Å². The van der Waals surface area contributed by atoms with Crippen LogP contribution in [0.25, 0.3) is 0 Å². The molecule has 2 N–H and O–H groups in total. The molecule has 0 radical (unpaired) electrons. The largest absolute Gasteiger partial charge is 0.437 e. The topological polar surface area (TPSA) is 61.0 Å². The maximum absolute atomic E-state index is 5.65. The molecule has 4 nitrogen and oxygen atoms in total. The Balaban J connectivity index is 2.22. The predicted molar refractivity (Wildman–Crippen MR) is 68.9 cm³/mol. The third kappa shape index (κ3) is 3.01. The number of halogens is 1. The minimum atomic E-state index is 0.378. The smallest absolute Gasteiger partial charge is 0.237 e. The Labute approximate surface area is 108 Å². The van der Waals surface area contributed by atoms with E-state index in [0.717, 1.165) is 21.5 Å². The van der Waals surface area contributed by atoms with Crippen molar-refractivity contribution < 1.29 is 4.74 Å². The van der Waals surface area contributed by atoms with E-state index in [1.807, 2.05) is 25.1 Å². The van der Waals surface area contributed by atoms with Gasteiger partial charge < -0.3 is 10.5 Å². The summed E-state index contributed by atoms with van der Waals surface area (Å²) >= 11 is 3.40. The molecule has 0 bridgehead atoms. The summed E-state index contributed by atoms with van der Waals surface area (Å²) in [6.45, 7) is 2.35. The number of nitrogens with zero attached hydrogens (tertiary/aromatic N) is 2. The average molecular weight is 294 g/mol. The molecular weight excluding hydrogens is 282 g/mol. The minimum absolute atomic E-state index is 0.378. The van der Waals surface area contributed by atoms with Gasteiger partial charge in [-0.25, -0.2) is 4.98 Å². The quantitative estimate of drug-likeness (QED) is 0.945. The Morgan fingerprint density at radius 3 is 2.76 bits per heavy atom. The summed E-state index contributed by atoms with van der Waals surface area (Å²) in [7, 11) is 0. The van der Waals surface area contributed by atoms with E-state index in [0.29, 0.717) is 12.4 Å². The summed E-state index contributed by atoms with van der Waals surface area (Å²) in [4.78, 5) is 8.26. The van der Waals surface area contributed by atoms with E-state index in [1.54, 1.807) is 12.4 Å². The Kier molecular flexibility index (Phi) is 3.71. The molecule has 0 atom stereocenters. The van der Waals surface area contributed by atoms with E-state index in [2.05, 4.69) is 25.9 Å². The zero-order valence-electron chi connectivity index (χ0n) is 9.35. The lowest BCUT2D eigenvalue weighted by molar-refractivity contribution is 0.455. The van der Waals surface area contributed by atoms with Crippen molar-refractivity contribution in [2.45, 2.75) is 13.5 Å². The Morgan fingerprint density at radius 2 is 2.12 bits per heavy atom. The van der Waals surface area contributed by atoms with Crippen molar-refractivity contribution in [2.24, 2.45) is 5.73 Å². The van der Waals surface area contributed by atoms with E-state index in [4.69, 9.17) is 10.5 Å². The van der Waals surface area contributed by atoms with Gasteiger partial charge >= 0.3 is 0 Å². The molecule has 0 spiro atoms. The van der Waals surface area contributed by atoms with Crippen LogP contribution in [0.3, 0.4) is 0 Å². The van der Waals surface area contributed by atoms with Gasteiger partial charge in [-0.3, -0.25) is 4.98 Å². The van der Waals surface area contributed by atoms with Gasteiger partial charge in [0.2, 0.25) is 5.88 Å². The highest BCUT2D eigenvalue weighted by molar-refractivity contribution is 9.10. The molecule has 0 saturated heterocycles.